The van der Waals surface area contributed by atoms with Crippen molar-refractivity contribution < 1.29 is 13.2 Å². The van der Waals surface area contributed by atoms with Crippen LogP contribution in [0, 0.1) is 0 Å². The van der Waals surface area contributed by atoms with E-state index in [0.717, 1.165) is 0 Å². The second-order valence-corrected chi connectivity index (χ2v) is 8.67. The quantitative estimate of drug-likeness (QED) is 0.611. The fraction of sp³-hybridized carbons (Fsp3) is 0. The van der Waals surface area contributed by atoms with Gasteiger partial charge in [0.1, 0.15) is 16.9 Å². The molecule has 0 spiro atoms. The molecule has 0 saturated carbocycles. The van der Waals surface area contributed by atoms with Crippen LogP contribution in [-0.4, -0.2) is 23.9 Å². The lowest BCUT2D eigenvalue weighted by Crippen LogP contribution is -2.31. The number of nitrogens with zero attached hydrogens (tertiary/aromatic N) is 2. The van der Waals surface area contributed by atoms with E-state index in [1.165, 1.54) is 35.3 Å². The van der Waals surface area contributed by atoms with Crippen LogP contribution in [-0.2, 0) is 10.0 Å². The molecule has 1 heterocycles. The van der Waals surface area contributed by atoms with Crippen molar-refractivity contribution in [2.75, 3.05) is 0 Å². The lowest BCUT2D eigenvalue weighted by Gasteiger charge is -2.07. The minimum Gasteiger partial charge on any atom is -0.305 e. The molecular formula is C16H9Cl4N3O3S. The summed E-state index contributed by atoms with van der Waals surface area (Å²) in [5, 5.41) is 0.959. The van der Waals surface area contributed by atoms with E-state index >= 15 is 0 Å². The van der Waals surface area contributed by atoms with Gasteiger partial charge in [0.25, 0.3) is 15.9 Å². The van der Waals surface area contributed by atoms with E-state index in [2.05, 4.69) is 4.98 Å². The Hall–Kier alpha value is -1.77. The highest BCUT2D eigenvalue weighted by atomic mass is 35.5. The number of carbonyl (C=O) groups is 1. The number of hydrogen-bond acceptors (Lipinski definition) is 4. The summed E-state index contributed by atoms with van der Waals surface area (Å²) in [5.41, 5.74) is 0.433. The van der Waals surface area contributed by atoms with Crippen molar-refractivity contribution in [3.63, 3.8) is 0 Å². The number of sulfonamides is 1. The lowest BCUT2D eigenvalue weighted by molar-refractivity contribution is 0.0977. The molecule has 0 radical (unpaired) electrons. The average Bonchev–Trinajstić information content (AvgIpc) is 3.03. The Morgan fingerprint density at radius 2 is 1.63 bits per heavy atom. The number of imidazole rings is 1. The number of halogens is 4. The summed E-state index contributed by atoms with van der Waals surface area (Å²) in [7, 11) is -4.21. The number of nitrogens with one attached hydrogen (secondary N) is 1. The van der Waals surface area contributed by atoms with Crippen molar-refractivity contribution in [2.24, 2.45) is 0 Å². The summed E-state index contributed by atoms with van der Waals surface area (Å²) in [4.78, 5) is 15.9. The second kappa shape index (κ2) is 7.69. The van der Waals surface area contributed by atoms with Crippen molar-refractivity contribution in [3.05, 3.63) is 74.7 Å². The van der Waals surface area contributed by atoms with Crippen LogP contribution in [0.4, 0.5) is 0 Å². The van der Waals surface area contributed by atoms with E-state index in [1.807, 2.05) is 4.72 Å². The SMILES string of the molecule is O=C(NS(=O)(=O)c1ccc(Cl)cc1Cl)c1cn(-c2cc(Cl)cc(Cl)c2)cn1. The monoisotopic (exact) mass is 463 g/mol. The summed E-state index contributed by atoms with van der Waals surface area (Å²) in [6.07, 6.45) is 2.68. The number of rotatable bonds is 4. The Kier molecular flexibility index (Phi) is 5.69. The molecule has 3 aromatic rings. The Morgan fingerprint density at radius 3 is 2.26 bits per heavy atom. The van der Waals surface area contributed by atoms with Crippen LogP contribution in [0.2, 0.25) is 20.1 Å². The van der Waals surface area contributed by atoms with E-state index < -0.39 is 15.9 Å². The maximum Gasteiger partial charge on any atom is 0.285 e. The Bertz CT molecular complexity index is 1130. The van der Waals surface area contributed by atoms with Crippen LogP contribution in [0.1, 0.15) is 10.5 Å². The number of benzene rings is 2. The van der Waals surface area contributed by atoms with Gasteiger partial charge in [-0.05, 0) is 36.4 Å². The molecule has 0 saturated heterocycles. The summed E-state index contributed by atoms with van der Waals surface area (Å²) >= 11 is 23.6. The molecule has 0 bridgehead atoms. The van der Waals surface area contributed by atoms with Crippen LogP contribution in [0.15, 0.2) is 53.8 Å². The van der Waals surface area contributed by atoms with Gasteiger partial charge in [-0.25, -0.2) is 18.1 Å². The molecule has 1 amide bonds. The van der Waals surface area contributed by atoms with Gasteiger partial charge in [-0.2, -0.15) is 0 Å². The standard InChI is InChI=1S/C16H9Cl4N3O3S/c17-9-1-2-15(13(20)6-9)27(25,26)22-16(24)14-7-23(8-21-14)12-4-10(18)3-11(19)5-12/h1-8H,(H,22,24). The van der Waals surface area contributed by atoms with E-state index in [9.17, 15) is 13.2 Å². The van der Waals surface area contributed by atoms with E-state index in [-0.39, 0.29) is 20.6 Å². The predicted octanol–water partition coefficient (Wildman–Crippen LogP) is 4.60. The Labute approximate surface area is 174 Å². The summed E-state index contributed by atoms with van der Waals surface area (Å²) in [6.45, 7) is 0. The minimum atomic E-state index is -4.21. The predicted molar refractivity (Wildman–Crippen MR) is 105 cm³/mol. The first kappa shape index (κ1) is 20.0. The third-order valence-electron chi connectivity index (χ3n) is 3.37. The van der Waals surface area contributed by atoms with Crippen molar-refractivity contribution >= 4 is 62.3 Å². The van der Waals surface area contributed by atoms with Crippen molar-refractivity contribution in [1.29, 1.82) is 0 Å². The van der Waals surface area contributed by atoms with Crippen LogP contribution in [0.5, 0.6) is 0 Å². The molecule has 0 fully saturated rings. The fourth-order valence-corrected chi connectivity index (χ4v) is 4.44. The molecule has 0 aliphatic rings. The van der Waals surface area contributed by atoms with Crippen LogP contribution >= 0.6 is 46.4 Å². The highest BCUT2D eigenvalue weighted by Gasteiger charge is 2.23. The van der Waals surface area contributed by atoms with Gasteiger partial charge in [-0.1, -0.05) is 46.4 Å². The van der Waals surface area contributed by atoms with Crippen molar-refractivity contribution in [3.8, 4) is 5.69 Å². The summed E-state index contributed by atoms with van der Waals surface area (Å²) in [5.74, 6) is -0.923. The zero-order valence-corrected chi connectivity index (χ0v) is 17.0. The Balaban J connectivity index is 1.85. The molecule has 0 unspecified atom stereocenters. The van der Waals surface area contributed by atoms with E-state index in [4.69, 9.17) is 46.4 Å². The molecule has 2 aromatic carbocycles. The van der Waals surface area contributed by atoms with Gasteiger partial charge in [-0.3, -0.25) is 4.79 Å². The summed E-state index contributed by atoms with van der Waals surface area (Å²) in [6, 6.07) is 8.60. The highest BCUT2D eigenvalue weighted by molar-refractivity contribution is 7.90. The van der Waals surface area contributed by atoms with Gasteiger partial charge >= 0.3 is 0 Å². The molecule has 6 nitrogen and oxygen atoms in total. The van der Waals surface area contributed by atoms with Crippen LogP contribution in [0.25, 0.3) is 5.69 Å². The Morgan fingerprint density at radius 1 is 0.963 bits per heavy atom. The van der Waals surface area contributed by atoms with Gasteiger partial charge in [0.15, 0.2) is 0 Å². The van der Waals surface area contributed by atoms with Gasteiger partial charge < -0.3 is 4.57 Å². The molecule has 140 valence electrons. The van der Waals surface area contributed by atoms with E-state index in [1.54, 1.807) is 18.2 Å². The first-order valence-electron chi connectivity index (χ1n) is 7.18. The molecule has 0 atom stereocenters. The zero-order valence-electron chi connectivity index (χ0n) is 13.2. The lowest BCUT2D eigenvalue weighted by atomic mass is 10.3. The van der Waals surface area contributed by atoms with Crippen molar-refractivity contribution in [1.82, 2.24) is 14.3 Å². The third kappa shape index (κ3) is 4.56. The highest BCUT2D eigenvalue weighted by Crippen LogP contribution is 2.25. The fourth-order valence-electron chi connectivity index (χ4n) is 2.19. The molecule has 1 N–H and O–H groups in total. The average molecular weight is 465 g/mol. The van der Waals surface area contributed by atoms with Crippen molar-refractivity contribution in [2.45, 2.75) is 4.90 Å². The molecule has 3 rings (SSSR count). The molecule has 27 heavy (non-hydrogen) atoms. The maximum atomic E-state index is 12.4. The zero-order chi connectivity index (χ0) is 19.8. The van der Waals surface area contributed by atoms with E-state index in [0.29, 0.717) is 15.7 Å². The largest absolute Gasteiger partial charge is 0.305 e. The van der Waals surface area contributed by atoms with Gasteiger partial charge in [0.05, 0.1) is 5.02 Å². The second-order valence-electron chi connectivity index (χ2n) is 5.30. The summed E-state index contributed by atoms with van der Waals surface area (Å²) < 4.78 is 28.2. The molecule has 11 heteroatoms. The number of aromatic nitrogens is 2. The van der Waals surface area contributed by atoms with Crippen LogP contribution < -0.4 is 4.72 Å². The normalized spacial score (nSPS) is 11.4. The number of hydrogen-bond donors (Lipinski definition) is 1. The maximum absolute atomic E-state index is 12.4. The van der Waals surface area contributed by atoms with Gasteiger partial charge in [0, 0.05) is 27.0 Å². The van der Waals surface area contributed by atoms with Crippen LogP contribution in [0.3, 0.4) is 0 Å². The number of amides is 1. The first-order valence-corrected chi connectivity index (χ1v) is 10.2. The molecule has 0 aliphatic carbocycles. The molecular weight excluding hydrogens is 456 g/mol. The van der Waals surface area contributed by atoms with Gasteiger partial charge in [0.2, 0.25) is 0 Å². The molecule has 1 aromatic heterocycles. The molecule has 0 aliphatic heterocycles. The topological polar surface area (TPSA) is 81.1 Å². The smallest absolute Gasteiger partial charge is 0.285 e. The minimum absolute atomic E-state index is 0.109. The van der Waals surface area contributed by atoms with Gasteiger partial charge in [-0.15, -0.1) is 0 Å². The number of carbonyl (C=O) groups excluding carboxylic acids is 1. The first-order chi connectivity index (χ1) is 12.7. The third-order valence-corrected chi connectivity index (χ3v) is 5.86.